The van der Waals surface area contributed by atoms with Gasteiger partial charge >= 0.3 is 6.09 Å². The number of nitrogens with one attached hydrogen (secondary N) is 1. The van der Waals surface area contributed by atoms with Crippen molar-refractivity contribution in [2.45, 2.75) is 40.2 Å². The summed E-state index contributed by atoms with van der Waals surface area (Å²) < 4.78 is 0. The number of hydrogen-bond donors (Lipinski definition) is 1. The van der Waals surface area contributed by atoms with E-state index in [-0.39, 0.29) is 11.6 Å². The van der Waals surface area contributed by atoms with Crippen LogP contribution < -0.4 is 5.48 Å². The number of rotatable bonds is 3. The van der Waals surface area contributed by atoms with Crippen LogP contribution in [0.4, 0.5) is 4.79 Å². The molecule has 0 heterocycles. The molecule has 0 spiro atoms. The van der Waals surface area contributed by atoms with E-state index < -0.39 is 0 Å². The van der Waals surface area contributed by atoms with E-state index in [1.54, 1.807) is 4.90 Å². The first-order valence-electron chi connectivity index (χ1n) is 4.63. The maximum absolute atomic E-state index is 11.3. The predicted octanol–water partition coefficient (Wildman–Crippen LogP) is 1.77. The van der Waals surface area contributed by atoms with Crippen molar-refractivity contribution in [2.75, 3.05) is 13.1 Å². The number of amides is 1. The highest BCUT2D eigenvalue weighted by Crippen LogP contribution is 2.00. The fraction of sp³-hybridized carbons (Fsp3) is 0.889. The van der Waals surface area contributed by atoms with Crippen molar-refractivity contribution in [2.24, 2.45) is 0 Å². The lowest BCUT2D eigenvalue weighted by atomic mass is 10.1. The van der Waals surface area contributed by atoms with Crippen LogP contribution in [0.25, 0.3) is 0 Å². The molecule has 0 aliphatic rings. The Kier molecular flexibility index (Phi) is 4.77. The Morgan fingerprint density at radius 2 is 1.77 bits per heavy atom. The number of carbonyl (C=O) groups excluding carboxylic acids is 1. The van der Waals surface area contributed by atoms with Crippen LogP contribution in [0.15, 0.2) is 0 Å². The molecule has 4 heteroatoms. The molecule has 1 amide bonds. The van der Waals surface area contributed by atoms with E-state index in [0.717, 1.165) is 0 Å². The maximum atomic E-state index is 11.3. The highest BCUT2D eigenvalue weighted by atomic mass is 16.7. The molecule has 0 radical (unpaired) electrons. The van der Waals surface area contributed by atoms with Gasteiger partial charge < -0.3 is 9.74 Å². The van der Waals surface area contributed by atoms with Crippen LogP contribution in [-0.2, 0) is 4.84 Å². The fourth-order valence-electron chi connectivity index (χ4n) is 0.743. The fourth-order valence-corrected chi connectivity index (χ4v) is 0.743. The first-order chi connectivity index (χ1) is 5.90. The van der Waals surface area contributed by atoms with Crippen LogP contribution in [0.5, 0.6) is 0 Å². The second-order valence-corrected chi connectivity index (χ2v) is 3.89. The Balaban J connectivity index is 3.86. The van der Waals surface area contributed by atoms with Gasteiger partial charge in [-0.2, -0.15) is 0 Å². The summed E-state index contributed by atoms with van der Waals surface area (Å²) in [5.74, 6) is 0. The molecule has 0 aromatic heterocycles. The largest absolute Gasteiger partial charge is 0.428 e. The van der Waals surface area contributed by atoms with Gasteiger partial charge in [0.15, 0.2) is 0 Å². The minimum Gasteiger partial charge on any atom is -0.353 e. The zero-order chi connectivity index (χ0) is 10.5. The number of carbonyl (C=O) groups is 1. The van der Waals surface area contributed by atoms with Crippen LogP contribution in [0, 0.1) is 0 Å². The van der Waals surface area contributed by atoms with E-state index in [2.05, 4.69) is 5.48 Å². The van der Waals surface area contributed by atoms with Crippen LogP contribution in [0.1, 0.15) is 34.6 Å². The van der Waals surface area contributed by atoms with Crippen LogP contribution >= 0.6 is 0 Å². The summed E-state index contributed by atoms with van der Waals surface area (Å²) in [5, 5.41) is 0. The maximum Gasteiger partial charge on any atom is 0.428 e. The molecule has 0 aliphatic carbocycles. The van der Waals surface area contributed by atoms with E-state index in [4.69, 9.17) is 4.84 Å². The molecule has 0 bridgehead atoms. The van der Waals surface area contributed by atoms with Gasteiger partial charge in [0, 0.05) is 18.6 Å². The van der Waals surface area contributed by atoms with Gasteiger partial charge in [-0.25, -0.2) is 4.79 Å². The highest BCUT2D eigenvalue weighted by Gasteiger charge is 2.15. The summed E-state index contributed by atoms with van der Waals surface area (Å²) in [6.07, 6.45) is -0.320. The van der Waals surface area contributed by atoms with Crippen molar-refractivity contribution in [1.82, 2.24) is 10.4 Å². The molecule has 1 N–H and O–H groups in total. The van der Waals surface area contributed by atoms with Gasteiger partial charge in [-0.1, -0.05) is 0 Å². The van der Waals surface area contributed by atoms with E-state index >= 15 is 0 Å². The molecule has 78 valence electrons. The first-order valence-corrected chi connectivity index (χ1v) is 4.63. The van der Waals surface area contributed by atoms with Gasteiger partial charge in [0.1, 0.15) is 0 Å². The lowest BCUT2D eigenvalue weighted by molar-refractivity contribution is 0.0234. The molecule has 0 atom stereocenters. The third-order valence-corrected chi connectivity index (χ3v) is 1.47. The van der Waals surface area contributed by atoms with Crippen molar-refractivity contribution < 1.29 is 9.63 Å². The van der Waals surface area contributed by atoms with Gasteiger partial charge in [-0.15, -0.1) is 5.48 Å². The van der Waals surface area contributed by atoms with E-state index in [9.17, 15) is 4.79 Å². The Labute approximate surface area is 80.2 Å². The minimum absolute atomic E-state index is 0.206. The van der Waals surface area contributed by atoms with Crippen molar-refractivity contribution in [1.29, 1.82) is 0 Å². The molecule has 4 nitrogen and oxygen atoms in total. The van der Waals surface area contributed by atoms with Gasteiger partial charge in [0.25, 0.3) is 0 Å². The van der Waals surface area contributed by atoms with Gasteiger partial charge in [0.05, 0.1) is 0 Å². The third kappa shape index (κ3) is 5.47. The molecule has 0 fully saturated rings. The number of hydroxylamine groups is 1. The first kappa shape index (κ1) is 12.2. The summed E-state index contributed by atoms with van der Waals surface area (Å²) >= 11 is 0. The molecule has 0 rings (SSSR count). The van der Waals surface area contributed by atoms with E-state index in [1.165, 1.54) is 0 Å². The molecule has 0 aliphatic heterocycles. The molecule has 0 saturated heterocycles. The SMILES string of the molecule is CCN(CC)C(=O)ONC(C)(C)C. The molecule has 0 aromatic carbocycles. The summed E-state index contributed by atoms with van der Waals surface area (Å²) in [7, 11) is 0. The smallest absolute Gasteiger partial charge is 0.353 e. The number of nitrogens with zero attached hydrogens (tertiary/aromatic N) is 1. The topological polar surface area (TPSA) is 41.6 Å². The lowest BCUT2D eigenvalue weighted by Crippen LogP contribution is -2.42. The van der Waals surface area contributed by atoms with Crippen molar-refractivity contribution >= 4 is 6.09 Å². The monoisotopic (exact) mass is 188 g/mol. The molecule has 0 aromatic rings. The zero-order valence-electron chi connectivity index (χ0n) is 9.18. The normalized spacial score (nSPS) is 11.2. The Bertz CT molecular complexity index is 159. The van der Waals surface area contributed by atoms with Gasteiger partial charge in [-0.3, -0.25) is 0 Å². The quantitative estimate of drug-likeness (QED) is 0.686. The lowest BCUT2D eigenvalue weighted by Gasteiger charge is -2.23. The Hall–Kier alpha value is -0.770. The second-order valence-electron chi connectivity index (χ2n) is 3.89. The molecule has 0 unspecified atom stereocenters. The average molecular weight is 188 g/mol. The van der Waals surface area contributed by atoms with Gasteiger partial charge in [0.2, 0.25) is 0 Å². The van der Waals surface area contributed by atoms with Crippen LogP contribution in [0.2, 0.25) is 0 Å². The summed E-state index contributed by atoms with van der Waals surface area (Å²) in [6.45, 7) is 11.0. The van der Waals surface area contributed by atoms with E-state index in [0.29, 0.717) is 13.1 Å². The second kappa shape index (κ2) is 5.07. The van der Waals surface area contributed by atoms with Crippen molar-refractivity contribution in [3.63, 3.8) is 0 Å². The Morgan fingerprint density at radius 1 is 1.31 bits per heavy atom. The molecule has 13 heavy (non-hydrogen) atoms. The Morgan fingerprint density at radius 3 is 2.08 bits per heavy atom. The van der Waals surface area contributed by atoms with Crippen LogP contribution in [-0.4, -0.2) is 29.6 Å². The van der Waals surface area contributed by atoms with E-state index in [1.807, 2.05) is 34.6 Å². The van der Waals surface area contributed by atoms with Gasteiger partial charge in [-0.05, 0) is 34.6 Å². The molecule has 0 saturated carbocycles. The predicted molar refractivity (Wildman–Crippen MR) is 52.3 cm³/mol. The third-order valence-electron chi connectivity index (χ3n) is 1.47. The zero-order valence-corrected chi connectivity index (χ0v) is 9.18. The average Bonchev–Trinajstić information content (AvgIpc) is 2.02. The minimum atomic E-state index is -0.320. The molecular formula is C9H20N2O2. The standard InChI is InChI=1S/C9H20N2O2/c1-6-11(7-2)8(12)13-10-9(3,4)5/h10H,6-7H2,1-5H3. The highest BCUT2D eigenvalue weighted by molar-refractivity contribution is 5.67. The van der Waals surface area contributed by atoms with Crippen LogP contribution in [0.3, 0.4) is 0 Å². The summed E-state index contributed by atoms with van der Waals surface area (Å²) in [4.78, 5) is 17.8. The molecular weight excluding hydrogens is 168 g/mol. The van der Waals surface area contributed by atoms with Crippen molar-refractivity contribution in [3.8, 4) is 0 Å². The van der Waals surface area contributed by atoms with Crippen molar-refractivity contribution in [3.05, 3.63) is 0 Å². The number of hydrogen-bond acceptors (Lipinski definition) is 3. The summed E-state index contributed by atoms with van der Waals surface area (Å²) in [5.41, 5.74) is 2.47. The summed E-state index contributed by atoms with van der Waals surface area (Å²) in [6, 6.07) is 0.